The Bertz CT molecular complexity index is 1080. The summed E-state index contributed by atoms with van der Waals surface area (Å²) in [6.07, 6.45) is 40.6. The van der Waals surface area contributed by atoms with Crippen LogP contribution in [0.4, 0.5) is 0 Å². The summed E-state index contributed by atoms with van der Waals surface area (Å²) in [6, 6.07) is -1.52. The number of hydrogen-bond acceptors (Lipinski definition) is 9. The lowest BCUT2D eigenvalue weighted by molar-refractivity contribution is -0.161. The van der Waals surface area contributed by atoms with E-state index in [0.717, 1.165) is 77.0 Å². The molecule has 0 aliphatic rings. The fourth-order valence-corrected chi connectivity index (χ4v) is 6.46. The van der Waals surface area contributed by atoms with Crippen LogP contribution in [0.15, 0.2) is 36.5 Å². The van der Waals surface area contributed by atoms with Gasteiger partial charge in [-0.3, -0.25) is 23.4 Å². The Hall–Kier alpha value is -2.30. The number of rotatable bonds is 40. The van der Waals surface area contributed by atoms with E-state index in [4.69, 9.17) is 24.8 Å². The standard InChI is InChI=1S/C43H78NO10P/c1-3-5-7-9-11-13-15-17-19-20-21-23-25-27-29-31-33-35-42(46)54-39(37-52-55(49,50)53-38-40(44)43(47)48)36-51-41(45)34-32-30-28-26-24-22-18-16-14-12-10-8-6-4-2/h11,13,16-19,39-40H,3-10,12,14-15,20-38,44H2,1-2H3,(H,47,48)(H,49,50)/b13-11+,18-16+,19-17+/t39-,40+/m1/s1. The molecule has 0 spiro atoms. The zero-order valence-corrected chi connectivity index (χ0v) is 35.4. The van der Waals surface area contributed by atoms with Crippen LogP contribution in [0.25, 0.3) is 0 Å². The van der Waals surface area contributed by atoms with Crippen LogP contribution < -0.4 is 5.73 Å². The summed E-state index contributed by atoms with van der Waals surface area (Å²) >= 11 is 0. The summed E-state index contributed by atoms with van der Waals surface area (Å²) in [5, 5.41) is 8.88. The predicted octanol–water partition coefficient (Wildman–Crippen LogP) is 11.2. The van der Waals surface area contributed by atoms with E-state index in [-0.39, 0.29) is 19.4 Å². The number of carboxylic acid groups (broad SMARTS) is 1. The molecular formula is C43H78NO10P. The second-order valence-corrected chi connectivity index (χ2v) is 15.9. The Morgan fingerprint density at radius 1 is 0.564 bits per heavy atom. The number of nitrogens with two attached hydrogens (primary N) is 1. The van der Waals surface area contributed by atoms with E-state index >= 15 is 0 Å². The van der Waals surface area contributed by atoms with Crippen molar-refractivity contribution >= 4 is 25.7 Å². The smallest absolute Gasteiger partial charge is 0.472 e. The van der Waals surface area contributed by atoms with Gasteiger partial charge < -0.3 is 25.2 Å². The summed E-state index contributed by atoms with van der Waals surface area (Å²) in [5.41, 5.74) is 5.33. The highest BCUT2D eigenvalue weighted by molar-refractivity contribution is 7.47. The molecule has 0 aromatic rings. The molecular weight excluding hydrogens is 721 g/mol. The van der Waals surface area contributed by atoms with Crippen LogP contribution in [0.2, 0.25) is 0 Å². The first kappa shape index (κ1) is 52.7. The monoisotopic (exact) mass is 800 g/mol. The van der Waals surface area contributed by atoms with Gasteiger partial charge in [-0.15, -0.1) is 0 Å². The molecule has 0 saturated heterocycles. The van der Waals surface area contributed by atoms with E-state index in [2.05, 4.69) is 54.8 Å². The number of aliphatic carboxylic acids is 1. The van der Waals surface area contributed by atoms with Crippen LogP contribution in [-0.4, -0.2) is 59.9 Å². The van der Waals surface area contributed by atoms with Gasteiger partial charge in [0.15, 0.2) is 6.10 Å². The number of ether oxygens (including phenoxy) is 2. The van der Waals surface area contributed by atoms with E-state index in [1.54, 1.807) is 0 Å². The van der Waals surface area contributed by atoms with Gasteiger partial charge >= 0.3 is 25.7 Å². The van der Waals surface area contributed by atoms with E-state index in [1.165, 1.54) is 70.6 Å². The number of carbonyl (C=O) groups is 3. The number of hydrogen-bond donors (Lipinski definition) is 3. The molecule has 0 aromatic heterocycles. The normalized spacial score (nSPS) is 14.1. The Balaban J connectivity index is 4.39. The maximum absolute atomic E-state index is 12.6. The third-order valence-corrected chi connectivity index (χ3v) is 10.1. The van der Waals surface area contributed by atoms with E-state index in [1.807, 2.05) is 0 Å². The largest absolute Gasteiger partial charge is 0.480 e. The predicted molar refractivity (Wildman–Crippen MR) is 222 cm³/mol. The van der Waals surface area contributed by atoms with Gasteiger partial charge in [0, 0.05) is 12.8 Å². The quantitative estimate of drug-likeness (QED) is 0.0233. The second-order valence-electron chi connectivity index (χ2n) is 14.5. The minimum atomic E-state index is -4.72. The first-order valence-corrected chi connectivity index (χ1v) is 23.0. The first-order chi connectivity index (χ1) is 26.6. The zero-order chi connectivity index (χ0) is 40.7. The number of phosphoric ester groups is 1. The number of allylic oxidation sites excluding steroid dienone is 6. The summed E-state index contributed by atoms with van der Waals surface area (Å²) < 4.78 is 32.7. The van der Waals surface area contributed by atoms with Gasteiger partial charge in [-0.05, 0) is 70.6 Å². The number of carbonyl (C=O) groups excluding carboxylic acids is 2. The molecule has 55 heavy (non-hydrogen) atoms. The molecule has 0 aliphatic heterocycles. The molecule has 3 atom stereocenters. The number of esters is 2. The summed E-state index contributed by atoms with van der Waals surface area (Å²) in [6.45, 7) is 2.75. The fourth-order valence-electron chi connectivity index (χ4n) is 5.68. The van der Waals surface area contributed by atoms with Gasteiger partial charge in [0.2, 0.25) is 0 Å². The van der Waals surface area contributed by atoms with Gasteiger partial charge in [-0.25, -0.2) is 4.57 Å². The van der Waals surface area contributed by atoms with Crippen molar-refractivity contribution in [2.24, 2.45) is 5.73 Å². The number of unbranched alkanes of at least 4 members (excludes halogenated alkanes) is 20. The van der Waals surface area contributed by atoms with Crippen LogP contribution in [0, 0.1) is 0 Å². The third kappa shape index (κ3) is 38.4. The molecule has 0 aliphatic carbocycles. The molecule has 0 heterocycles. The molecule has 0 aromatic carbocycles. The maximum Gasteiger partial charge on any atom is 0.472 e. The molecule has 0 bridgehead atoms. The first-order valence-electron chi connectivity index (χ1n) is 21.5. The molecule has 320 valence electrons. The molecule has 0 fully saturated rings. The van der Waals surface area contributed by atoms with Crippen molar-refractivity contribution in [2.75, 3.05) is 19.8 Å². The van der Waals surface area contributed by atoms with Crippen molar-refractivity contribution in [3.63, 3.8) is 0 Å². The maximum atomic E-state index is 12.6. The van der Waals surface area contributed by atoms with Crippen molar-refractivity contribution in [3.8, 4) is 0 Å². The molecule has 4 N–H and O–H groups in total. The molecule has 0 rings (SSSR count). The van der Waals surface area contributed by atoms with Gasteiger partial charge in [0.25, 0.3) is 0 Å². The Morgan fingerprint density at radius 3 is 1.47 bits per heavy atom. The van der Waals surface area contributed by atoms with Crippen LogP contribution >= 0.6 is 7.82 Å². The highest BCUT2D eigenvalue weighted by Crippen LogP contribution is 2.43. The molecule has 0 amide bonds. The molecule has 0 saturated carbocycles. The lowest BCUT2D eigenvalue weighted by atomic mass is 10.1. The van der Waals surface area contributed by atoms with Gasteiger partial charge in [0.1, 0.15) is 12.6 Å². The van der Waals surface area contributed by atoms with E-state index < -0.39 is 51.1 Å². The fraction of sp³-hybridized carbons (Fsp3) is 0.791. The van der Waals surface area contributed by atoms with Crippen molar-refractivity contribution in [1.29, 1.82) is 0 Å². The van der Waals surface area contributed by atoms with Gasteiger partial charge in [-0.2, -0.15) is 0 Å². The molecule has 12 heteroatoms. The van der Waals surface area contributed by atoms with E-state index in [9.17, 15) is 23.8 Å². The number of carboxylic acids is 1. The summed E-state index contributed by atoms with van der Waals surface area (Å²) in [4.78, 5) is 45.9. The Labute approximate surface area is 333 Å². The Morgan fingerprint density at radius 2 is 0.964 bits per heavy atom. The zero-order valence-electron chi connectivity index (χ0n) is 34.5. The van der Waals surface area contributed by atoms with E-state index in [0.29, 0.717) is 12.8 Å². The second kappa shape index (κ2) is 38.6. The minimum Gasteiger partial charge on any atom is -0.480 e. The van der Waals surface area contributed by atoms with Crippen LogP contribution in [0.5, 0.6) is 0 Å². The van der Waals surface area contributed by atoms with Crippen molar-refractivity contribution in [2.45, 2.75) is 199 Å². The Kier molecular flexibility index (Phi) is 37.0. The highest BCUT2D eigenvalue weighted by atomic mass is 31.2. The topological polar surface area (TPSA) is 172 Å². The van der Waals surface area contributed by atoms with Gasteiger partial charge in [-0.1, -0.05) is 140 Å². The van der Waals surface area contributed by atoms with Gasteiger partial charge in [0.05, 0.1) is 13.2 Å². The average molecular weight is 800 g/mol. The third-order valence-electron chi connectivity index (χ3n) is 9.11. The summed E-state index contributed by atoms with van der Waals surface area (Å²) in [5.74, 6) is -2.40. The van der Waals surface area contributed by atoms with Crippen molar-refractivity contribution in [1.82, 2.24) is 0 Å². The summed E-state index contributed by atoms with van der Waals surface area (Å²) in [7, 11) is -4.72. The average Bonchev–Trinajstić information content (AvgIpc) is 3.16. The van der Waals surface area contributed by atoms with Crippen LogP contribution in [-0.2, 0) is 37.5 Å². The minimum absolute atomic E-state index is 0.151. The number of phosphoric acid groups is 1. The van der Waals surface area contributed by atoms with Crippen molar-refractivity contribution < 1.29 is 47.5 Å². The van der Waals surface area contributed by atoms with Crippen LogP contribution in [0.3, 0.4) is 0 Å². The van der Waals surface area contributed by atoms with Crippen molar-refractivity contribution in [3.05, 3.63) is 36.5 Å². The van der Waals surface area contributed by atoms with Crippen LogP contribution in [0.1, 0.15) is 187 Å². The molecule has 11 nitrogen and oxygen atoms in total. The SMILES string of the molecule is CCCCC/C=C/C/C=C/CCCCCCCCCC(=O)O[C@H](COC(=O)CCCCCCC/C=C/CCCCCCC)COP(=O)(O)OC[C@H](N)C(=O)O. The highest BCUT2D eigenvalue weighted by Gasteiger charge is 2.28. The lowest BCUT2D eigenvalue weighted by Crippen LogP contribution is -2.34. The lowest BCUT2D eigenvalue weighted by Gasteiger charge is -2.20. The molecule has 1 unspecified atom stereocenters. The molecule has 0 radical (unpaired) electrons.